The molecule has 1 aromatic heterocycles. The molecular weight excluding hydrogens is 418 g/mol. The van der Waals surface area contributed by atoms with Crippen LogP contribution in [0.15, 0.2) is 97.1 Å². The van der Waals surface area contributed by atoms with Crippen LogP contribution in [0.1, 0.15) is 16.1 Å². The number of halogens is 1. The molecule has 4 aromatic carbocycles. The minimum Gasteiger partial charge on any atom is -0.321 e. The van der Waals surface area contributed by atoms with Crippen LogP contribution in [0.3, 0.4) is 0 Å². The van der Waals surface area contributed by atoms with E-state index in [0.717, 1.165) is 33.3 Å². The van der Waals surface area contributed by atoms with Crippen LogP contribution in [0, 0.1) is 6.92 Å². The number of nitrogens with one attached hydrogen (secondary N) is 1. The fourth-order valence-corrected chi connectivity index (χ4v) is 3.87. The lowest BCUT2D eigenvalue weighted by molar-refractivity contribution is 0.102. The van der Waals surface area contributed by atoms with Gasteiger partial charge in [-0.25, -0.2) is 4.68 Å². The number of anilines is 1. The second kappa shape index (κ2) is 8.33. The van der Waals surface area contributed by atoms with Gasteiger partial charge in [0, 0.05) is 16.3 Å². The van der Waals surface area contributed by atoms with Gasteiger partial charge in [0.05, 0.1) is 11.4 Å². The van der Waals surface area contributed by atoms with E-state index in [2.05, 4.69) is 34.7 Å². The molecule has 0 saturated carbocycles. The van der Waals surface area contributed by atoms with Crippen molar-refractivity contribution < 1.29 is 4.79 Å². The third-order valence-electron chi connectivity index (χ3n) is 5.39. The number of aryl methyl sites for hydroxylation is 1. The Morgan fingerprint density at radius 3 is 2.38 bits per heavy atom. The molecule has 156 valence electrons. The van der Waals surface area contributed by atoms with Gasteiger partial charge in [-0.2, -0.15) is 5.10 Å². The summed E-state index contributed by atoms with van der Waals surface area (Å²) in [6, 6.07) is 31.3. The Morgan fingerprint density at radius 2 is 1.59 bits per heavy atom. The maximum atomic E-state index is 13.0. The Bertz CT molecular complexity index is 1410. The number of hydrogen-bond donors (Lipinski definition) is 1. The lowest BCUT2D eigenvalue weighted by atomic mass is 10.0. The first-order valence-electron chi connectivity index (χ1n) is 10.3. The minimum atomic E-state index is -0.278. The Hall–Kier alpha value is -3.89. The van der Waals surface area contributed by atoms with Crippen molar-refractivity contribution in [1.29, 1.82) is 0 Å². The molecule has 0 bridgehead atoms. The highest BCUT2D eigenvalue weighted by atomic mass is 35.5. The van der Waals surface area contributed by atoms with Crippen LogP contribution in [0.5, 0.6) is 0 Å². The molecule has 5 heteroatoms. The molecule has 5 rings (SSSR count). The van der Waals surface area contributed by atoms with Gasteiger partial charge in [-0.15, -0.1) is 0 Å². The van der Waals surface area contributed by atoms with Crippen LogP contribution in [0.4, 0.5) is 5.69 Å². The van der Waals surface area contributed by atoms with E-state index in [1.165, 1.54) is 0 Å². The molecule has 4 nitrogen and oxygen atoms in total. The molecular formula is C27H20ClN3O. The van der Waals surface area contributed by atoms with Crippen LogP contribution >= 0.6 is 11.6 Å². The summed E-state index contributed by atoms with van der Waals surface area (Å²) in [5.41, 5.74) is 4.92. The van der Waals surface area contributed by atoms with Crippen molar-refractivity contribution in [3.8, 4) is 16.9 Å². The molecule has 0 aliphatic heterocycles. The average molecular weight is 438 g/mol. The predicted molar refractivity (Wildman–Crippen MR) is 131 cm³/mol. The summed E-state index contributed by atoms with van der Waals surface area (Å²) in [7, 11) is 0. The second-order valence-corrected chi connectivity index (χ2v) is 8.09. The van der Waals surface area contributed by atoms with Crippen molar-refractivity contribution in [2.75, 3.05) is 5.32 Å². The number of benzene rings is 4. The first-order valence-corrected chi connectivity index (χ1v) is 10.7. The maximum absolute atomic E-state index is 13.0. The zero-order valence-corrected chi connectivity index (χ0v) is 18.2. The summed E-state index contributed by atoms with van der Waals surface area (Å²) in [6.07, 6.45) is 0. The topological polar surface area (TPSA) is 46.9 Å². The molecule has 0 aliphatic carbocycles. The minimum absolute atomic E-state index is 0.278. The summed E-state index contributed by atoms with van der Waals surface area (Å²) >= 11 is 5.96. The fourth-order valence-electron chi connectivity index (χ4n) is 3.74. The largest absolute Gasteiger partial charge is 0.321 e. The molecule has 1 N–H and O–H groups in total. The third kappa shape index (κ3) is 3.88. The third-order valence-corrected chi connectivity index (χ3v) is 5.64. The standard InChI is InChI=1S/C27H20ClN3O/c1-18-9-15-22(16-10-18)31-26(24-8-4-6-19-5-2-3-7-23(19)24)17-25(30-31)27(32)29-21-13-11-20(28)12-14-21/h2-17H,1H3,(H,29,32). The molecule has 0 saturated heterocycles. The van der Waals surface area contributed by atoms with E-state index < -0.39 is 0 Å². The number of hydrogen-bond acceptors (Lipinski definition) is 2. The van der Waals surface area contributed by atoms with Crippen molar-refractivity contribution >= 4 is 34.0 Å². The zero-order chi connectivity index (χ0) is 22.1. The van der Waals surface area contributed by atoms with Crippen molar-refractivity contribution in [3.63, 3.8) is 0 Å². The van der Waals surface area contributed by atoms with Gasteiger partial charge in [0.25, 0.3) is 5.91 Å². The Balaban J connectivity index is 1.63. The van der Waals surface area contributed by atoms with Crippen molar-refractivity contribution in [3.05, 3.63) is 113 Å². The second-order valence-electron chi connectivity index (χ2n) is 7.65. The van der Waals surface area contributed by atoms with Crippen molar-refractivity contribution in [2.45, 2.75) is 6.92 Å². The van der Waals surface area contributed by atoms with Gasteiger partial charge in [-0.3, -0.25) is 4.79 Å². The number of aromatic nitrogens is 2. The summed E-state index contributed by atoms with van der Waals surface area (Å²) in [4.78, 5) is 13.0. The molecule has 0 fully saturated rings. The van der Waals surface area contributed by atoms with E-state index in [1.807, 2.05) is 60.1 Å². The van der Waals surface area contributed by atoms with E-state index in [4.69, 9.17) is 11.6 Å². The number of rotatable bonds is 4. The smallest absolute Gasteiger partial charge is 0.276 e. The van der Waals surface area contributed by atoms with Gasteiger partial charge in [0.1, 0.15) is 0 Å². The molecule has 0 aliphatic rings. The number of fused-ring (bicyclic) bond motifs is 1. The quantitative estimate of drug-likeness (QED) is 0.332. The molecule has 1 amide bonds. The number of carbonyl (C=O) groups is 1. The number of nitrogens with zero attached hydrogens (tertiary/aromatic N) is 2. The predicted octanol–water partition coefficient (Wildman–Crippen LogP) is 6.91. The van der Waals surface area contributed by atoms with Crippen LogP contribution in [-0.4, -0.2) is 15.7 Å². The Kier molecular flexibility index (Phi) is 5.21. The van der Waals surface area contributed by atoms with Gasteiger partial charge in [0.15, 0.2) is 5.69 Å². The summed E-state index contributed by atoms with van der Waals surface area (Å²) in [5.74, 6) is -0.278. The van der Waals surface area contributed by atoms with Gasteiger partial charge in [-0.05, 0) is 60.2 Å². The van der Waals surface area contributed by atoms with E-state index in [1.54, 1.807) is 24.3 Å². The molecule has 0 spiro atoms. The Labute approximate surface area is 191 Å². The van der Waals surface area contributed by atoms with Gasteiger partial charge in [-0.1, -0.05) is 71.8 Å². The summed E-state index contributed by atoms with van der Waals surface area (Å²) in [6.45, 7) is 2.05. The van der Waals surface area contributed by atoms with Gasteiger partial charge >= 0.3 is 0 Å². The van der Waals surface area contributed by atoms with Gasteiger partial charge in [0.2, 0.25) is 0 Å². The lowest BCUT2D eigenvalue weighted by Gasteiger charge is -2.10. The van der Waals surface area contributed by atoms with Crippen LogP contribution in [-0.2, 0) is 0 Å². The first-order chi connectivity index (χ1) is 15.6. The highest BCUT2D eigenvalue weighted by Gasteiger charge is 2.18. The van der Waals surface area contributed by atoms with Crippen molar-refractivity contribution in [1.82, 2.24) is 9.78 Å². The average Bonchev–Trinajstić information content (AvgIpc) is 3.26. The molecule has 0 atom stereocenters. The lowest BCUT2D eigenvalue weighted by Crippen LogP contribution is -2.13. The molecule has 0 radical (unpaired) electrons. The molecule has 1 heterocycles. The SMILES string of the molecule is Cc1ccc(-n2nc(C(=O)Nc3ccc(Cl)cc3)cc2-c2cccc3ccccc23)cc1. The van der Waals surface area contributed by atoms with Crippen LogP contribution < -0.4 is 5.32 Å². The molecule has 32 heavy (non-hydrogen) atoms. The first kappa shape index (κ1) is 20.0. The van der Waals surface area contributed by atoms with Crippen LogP contribution in [0.25, 0.3) is 27.7 Å². The number of amides is 1. The Morgan fingerprint density at radius 1 is 0.875 bits per heavy atom. The highest BCUT2D eigenvalue weighted by Crippen LogP contribution is 2.31. The maximum Gasteiger partial charge on any atom is 0.276 e. The van der Waals surface area contributed by atoms with E-state index >= 15 is 0 Å². The normalized spacial score (nSPS) is 10.9. The zero-order valence-electron chi connectivity index (χ0n) is 17.4. The van der Waals surface area contributed by atoms with Crippen LogP contribution in [0.2, 0.25) is 5.02 Å². The van der Waals surface area contributed by atoms with Crippen molar-refractivity contribution in [2.24, 2.45) is 0 Å². The van der Waals surface area contributed by atoms with E-state index in [9.17, 15) is 4.79 Å². The number of carbonyl (C=O) groups excluding carboxylic acids is 1. The summed E-state index contributed by atoms with van der Waals surface area (Å²) in [5, 5.41) is 10.4. The molecule has 0 unspecified atom stereocenters. The van der Waals surface area contributed by atoms with E-state index in [-0.39, 0.29) is 5.91 Å². The molecule has 5 aromatic rings. The van der Waals surface area contributed by atoms with Gasteiger partial charge < -0.3 is 5.32 Å². The summed E-state index contributed by atoms with van der Waals surface area (Å²) < 4.78 is 1.83. The highest BCUT2D eigenvalue weighted by molar-refractivity contribution is 6.30. The monoisotopic (exact) mass is 437 g/mol. The van der Waals surface area contributed by atoms with E-state index in [0.29, 0.717) is 16.4 Å². The fraction of sp³-hybridized carbons (Fsp3) is 0.0370.